The van der Waals surface area contributed by atoms with Crippen molar-refractivity contribution in [2.75, 3.05) is 17.2 Å². The minimum Gasteiger partial charge on any atom is -0.450 e. The Hall–Kier alpha value is -3.26. The maximum atomic E-state index is 12.7. The molecule has 8 heteroatoms. The lowest BCUT2D eigenvalue weighted by molar-refractivity contribution is -0.116. The fraction of sp³-hybridized carbons (Fsp3) is 0.238. The van der Waals surface area contributed by atoms with Gasteiger partial charge in [0.15, 0.2) is 10.9 Å². The predicted molar refractivity (Wildman–Crippen MR) is 116 cm³/mol. The van der Waals surface area contributed by atoms with Crippen molar-refractivity contribution in [3.63, 3.8) is 0 Å². The molecule has 2 aromatic carbocycles. The second-order valence-electron chi connectivity index (χ2n) is 6.05. The molecule has 0 radical (unpaired) electrons. The topological polar surface area (TPSA) is 96.5 Å². The SMILES string of the molecule is CCCC(=O)Nc1ccc(C(=O)c2ccccc2)cc1NC(=S)NC(=O)OCC. The molecule has 3 N–H and O–H groups in total. The summed E-state index contributed by atoms with van der Waals surface area (Å²) < 4.78 is 4.80. The maximum absolute atomic E-state index is 12.7. The molecule has 0 spiro atoms. The maximum Gasteiger partial charge on any atom is 0.413 e. The number of amides is 2. The summed E-state index contributed by atoms with van der Waals surface area (Å²) in [7, 11) is 0. The van der Waals surface area contributed by atoms with E-state index in [0.29, 0.717) is 35.3 Å². The zero-order valence-electron chi connectivity index (χ0n) is 16.3. The Balaban J connectivity index is 2.29. The first-order valence-electron chi connectivity index (χ1n) is 9.23. The molecule has 0 unspecified atom stereocenters. The van der Waals surface area contributed by atoms with E-state index in [1.807, 2.05) is 13.0 Å². The van der Waals surface area contributed by atoms with Gasteiger partial charge in [0.05, 0.1) is 18.0 Å². The van der Waals surface area contributed by atoms with E-state index in [-0.39, 0.29) is 23.4 Å². The molecule has 2 aromatic rings. The number of anilines is 2. The number of rotatable bonds is 7. The third kappa shape index (κ3) is 6.69. The highest BCUT2D eigenvalue weighted by Gasteiger charge is 2.15. The van der Waals surface area contributed by atoms with Gasteiger partial charge >= 0.3 is 6.09 Å². The number of benzene rings is 2. The molecular formula is C21H23N3O4S. The Morgan fingerprint density at radius 2 is 1.66 bits per heavy atom. The molecule has 152 valence electrons. The Labute approximate surface area is 174 Å². The van der Waals surface area contributed by atoms with Crippen molar-refractivity contribution in [2.45, 2.75) is 26.7 Å². The van der Waals surface area contributed by atoms with Crippen molar-refractivity contribution in [2.24, 2.45) is 0 Å². The molecule has 0 aliphatic heterocycles. The number of thiocarbonyl (C=S) groups is 1. The molecule has 0 heterocycles. The van der Waals surface area contributed by atoms with Crippen molar-refractivity contribution < 1.29 is 19.1 Å². The molecule has 29 heavy (non-hydrogen) atoms. The number of ether oxygens (including phenoxy) is 1. The molecule has 0 aromatic heterocycles. The van der Waals surface area contributed by atoms with Gasteiger partial charge in [-0.2, -0.15) is 0 Å². The van der Waals surface area contributed by atoms with Gasteiger partial charge in [0, 0.05) is 17.5 Å². The first kappa shape index (κ1) is 22.0. The van der Waals surface area contributed by atoms with Crippen molar-refractivity contribution in [1.82, 2.24) is 5.32 Å². The summed E-state index contributed by atoms with van der Waals surface area (Å²) in [5.41, 5.74) is 1.78. The number of hydrogen-bond acceptors (Lipinski definition) is 5. The Morgan fingerprint density at radius 3 is 2.31 bits per heavy atom. The molecular weight excluding hydrogens is 390 g/mol. The van der Waals surface area contributed by atoms with Gasteiger partial charge in [-0.3, -0.25) is 14.9 Å². The van der Waals surface area contributed by atoms with E-state index in [1.54, 1.807) is 49.4 Å². The van der Waals surface area contributed by atoms with E-state index in [2.05, 4.69) is 16.0 Å². The quantitative estimate of drug-likeness (QED) is 0.467. The van der Waals surface area contributed by atoms with Crippen LogP contribution in [0.3, 0.4) is 0 Å². The Bertz CT molecular complexity index is 900. The third-order valence-electron chi connectivity index (χ3n) is 3.81. The molecule has 2 rings (SSSR count). The number of carbonyl (C=O) groups excluding carboxylic acids is 3. The van der Waals surface area contributed by atoms with Crippen LogP contribution in [0, 0.1) is 0 Å². The number of carbonyl (C=O) groups is 3. The summed E-state index contributed by atoms with van der Waals surface area (Å²) in [6.07, 6.45) is 0.357. The first-order valence-corrected chi connectivity index (χ1v) is 9.63. The summed E-state index contributed by atoms with van der Waals surface area (Å²) in [6.45, 7) is 3.78. The van der Waals surface area contributed by atoms with Crippen molar-refractivity contribution in [3.8, 4) is 0 Å². The molecule has 0 saturated heterocycles. The molecule has 2 amide bonds. The number of hydrogen-bond donors (Lipinski definition) is 3. The molecule has 0 atom stereocenters. The van der Waals surface area contributed by atoms with Crippen LogP contribution in [0.25, 0.3) is 0 Å². The number of nitrogens with one attached hydrogen (secondary N) is 3. The van der Waals surface area contributed by atoms with Crippen LogP contribution in [0.4, 0.5) is 16.2 Å². The fourth-order valence-corrected chi connectivity index (χ4v) is 2.70. The van der Waals surface area contributed by atoms with Gasteiger partial charge in [0.25, 0.3) is 0 Å². The monoisotopic (exact) mass is 413 g/mol. The van der Waals surface area contributed by atoms with Crippen LogP contribution >= 0.6 is 12.2 Å². The smallest absolute Gasteiger partial charge is 0.413 e. The minimum atomic E-state index is -0.696. The minimum absolute atomic E-state index is 0.0150. The summed E-state index contributed by atoms with van der Waals surface area (Å²) in [5, 5.41) is 7.99. The second kappa shape index (κ2) is 10.9. The van der Waals surface area contributed by atoms with Gasteiger partial charge in [0.1, 0.15) is 0 Å². The molecule has 7 nitrogen and oxygen atoms in total. The highest BCUT2D eigenvalue weighted by molar-refractivity contribution is 7.80. The van der Waals surface area contributed by atoms with Gasteiger partial charge in [0.2, 0.25) is 5.91 Å². The molecule has 0 aliphatic carbocycles. The van der Waals surface area contributed by atoms with Gasteiger partial charge in [-0.25, -0.2) is 4.79 Å². The first-order chi connectivity index (χ1) is 13.9. The fourth-order valence-electron chi connectivity index (χ4n) is 2.51. The summed E-state index contributed by atoms with van der Waals surface area (Å²) in [5.74, 6) is -0.341. The van der Waals surface area contributed by atoms with Gasteiger partial charge in [-0.15, -0.1) is 0 Å². The van der Waals surface area contributed by atoms with Gasteiger partial charge < -0.3 is 15.4 Å². The standard InChI is InChI=1S/C21H23N3O4S/c1-3-8-18(25)22-16-12-11-15(19(26)14-9-6-5-7-10-14)13-17(16)23-20(29)24-21(27)28-4-2/h5-7,9-13H,3-4,8H2,1-2H3,(H,22,25)(H2,23,24,27,29). The van der Waals surface area contributed by atoms with Crippen LogP contribution in [-0.4, -0.2) is 29.5 Å². The third-order valence-corrected chi connectivity index (χ3v) is 4.01. The van der Waals surface area contributed by atoms with Crippen molar-refractivity contribution >= 4 is 46.5 Å². The summed E-state index contributed by atoms with van der Waals surface area (Å²) >= 11 is 5.13. The zero-order valence-corrected chi connectivity index (χ0v) is 17.1. The second-order valence-corrected chi connectivity index (χ2v) is 6.46. The highest BCUT2D eigenvalue weighted by Crippen LogP contribution is 2.25. The lowest BCUT2D eigenvalue weighted by Gasteiger charge is -2.15. The van der Waals surface area contributed by atoms with Crippen molar-refractivity contribution in [1.29, 1.82) is 0 Å². The lowest BCUT2D eigenvalue weighted by Crippen LogP contribution is -2.34. The number of ketones is 1. The van der Waals surface area contributed by atoms with E-state index < -0.39 is 6.09 Å². The summed E-state index contributed by atoms with van der Waals surface area (Å²) in [6, 6.07) is 13.7. The van der Waals surface area contributed by atoms with Crippen LogP contribution in [0.15, 0.2) is 48.5 Å². The van der Waals surface area contributed by atoms with Crippen LogP contribution in [0.2, 0.25) is 0 Å². The Kier molecular flexibility index (Phi) is 8.29. The zero-order chi connectivity index (χ0) is 21.2. The van der Waals surface area contributed by atoms with E-state index in [9.17, 15) is 14.4 Å². The van der Waals surface area contributed by atoms with E-state index in [1.165, 1.54) is 0 Å². The van der Waals surface area contributed by atoms with Crippen LogP contribution in [-0.2, 0) is 9.53 Å². The van der Waals surface area contributed by atoms with Crippen molar-refractivity contribution in [3.05, 3.63) is 59.7 Å². The van der Waals surface area contributed by atoms with Crippen LogP contribution < -0.4 is 16.0 Å². The average Bonchev–Trinajstić information content (AvgIpc) is 2.69. The lowest BCUT2D eigenvalue weighted by atomic mass is 10.0. The summed E-state index contributed by atoms with van der Waals surface area (Å²) in [4.78, 5) is 36.3. The van der Waals surface area contributed by atoms with Gasteiger partial charge in [-0.05, 0) is 43.8 Å². The van der Waals surface area contributed by atoms with Gasteiger partial charge in [-0.1, -0.05) is 37.3 Å². The van der Waals surface area contributed by atoms with Crippen LogP contribution in [0.1, 0.15) is 42.6 Å². The highest BCUT2D eigenvalue weighted by atomic mass is 32.1. The molecule has 0 saturated carbocycles. The predicted octanol–water partition coefficient (Wildman–Crippen LogP) is 4.10. The van der Waals surface area contributed by atoms with E-state index in [0.717, 1.165) is 0 Å². The average molecular weight is 413 g/mol. The molecule has 0 fully saturated rings. The number of alkyl carbamates (subject to hydrolysis) is 1. The molecule has 0 aliphatic rings. The largest absolute Gasteiger partial charge is 0.450 e. The molecule has 0 bridgehead atoms. The van der Waals surface area contributed by atoms with Crippen LogP contribution in [0.5, 0.6) is 0 Å². The Morgan fingerprint density at radius 1 is 0.931 bits per heavy atom. The van der Waals surface area contributed by atoms with E-state index in [4.69, 9.17) is 17.0 Å². The normalized spacial score (nSPS) is 10.0. The van der Waals surface area contributed by atoms with E-state index >= 15 is 0 Å².